The fourth-order valence-corrected chi connectivity index (χ4v) is 2.67. The lowest BCUT2D eigenvalue weighted by molar-refractivity contribution is -0.302. The summed E-state index contributed by atoms with van der Waals surface area (Å²) in [5.74, 6) is -2.81. The summed E-state index contributed by atoms with van der Waals surface area (Å²) in [6.45, 7) is 0.442. The van der Waals surface area contributed by atoms with Crippen molar-refractivity contribution < 1.29 is 54.4 Å². The smallest absolute Gasteiger partial charge is 0.371 e. The molecule has 0 aromatic carbocycles. The molecule has 0 aromatic rings. The van der Waals surface area contributed by atoms with Crippen LogP contribution in [-0.4, -0.2) is 98.3 Å². The highest BCUT2D eigenvalue weighted by atomic mass is 16.7. The quantitative estimate of drug-likeness (QED) is 0.246. The maximum Gasteiger partial charge on any atom is 0.371 e. The Morgan fingerprint density at radius 3 is 2.42 bits per heavy atom. The molecule has 2 rings (SSSR count). The first-order chi connectivity index (χ1) is 12.1. The van der Waals surface area contributed by atoms with Crippen LogP contribution in [0.5, 0.6) is 0 Å². The number of carbonyl (C=O) groups is 2. The lowest BCUT2D eigenvalue weighted by Crippen LogP contribution is -2.66. The normalized spacial score (nSPS) is 40.3. The standard InChI is InChI=1S/C14H21NO11/c1-4(17)15-8-11(10(20)7(3-16)24-13(8)23)26-14-9(19)5(18)2-6(25-14)12(21)22/h2,5,7-11,13-14,16,18-20,23H,3H2,1H3,(H,15,17)(H,21,22)/t5-,7?,8?,9?,10+,11+,13?,14+/m1/s1. The molecule has 2 heterocycles. The average molecular weight is 379 g/mol. The Balaban J connectivity index is 2.24. The second kappa shape index (κ2) is 8.26. The van der Waals surface area contributed by atoms with Crippen molar-refractivity contribution in [1.82, 2.24) is 5.32 Å². The number of aliphatic hydroxyl groups is 5. The molecular formula is C14H21NO11. The predicted octanol–water partition coefficient (Wildman–Crippen LogP) is -4.01. The van der Waals surface area contributed by atoms with E-state index in [1.807, 2.05) is 0 Å². The van der Waals surface area contributed by atoms with Crippen LogP contribution in [0.2, 0.25) is 0 Å². The summed E-state index contributed by atoms with van der Waals surface area (Å²) in [5.41, 5.74) is 0. The van der Waals surface area contributed by atoms with Gasteiger partial charge in [-0.3, -0.25) is 4.79 Å². The highest BCUT2D eigenvalue weighted by Crippen LogP contribution is 2.27. The Kier molecular flexibility index (Phi) is 6.52. The molecule has 0 radical (unpaired) electrons. The van der Waals surface area contributed by atoms with Crippen molar-refractivity contribution in [2.24, 2.45) is 0 Å². The van der Waals surface area contributed by atoms with Crippen molar-refractivity contribution in [2.45, 2.75) is 56.1 Å². The van der Waals surface area contributed by atoms with Gasteiger partial charge in [-0.15, -0.1) is 0 Å². The van der Waals surface area contributed by atoms with Gasteiger partial charge < -0.3 is 50.2 Å². The van der Waals surface area contributed by atoms with E-state index in [1.54, 1.807) is 0 Å². The first-order valence-electron chi connectivity index (χ1n) is 7.68. The van der Waals surface area contributed by atoms with Crippen LogP contribution in [-0.2, 0) is 23.8 Å². The third-order valence-electron chi connectivity index (χ3n) is 3.94. The molecule has 0 saturated carbocycles. The second-order valence-electron chi connectivity index (χ2n) is 5.87. The summed E-state index contributed by atoms with van der Waals surface area (Å²) in [5, 5.41) is 60.5. The molecule has 2 aliphatic heterocycles. The molecule has 1 fully saturated rings. The molecular weight excluding hydrogens is 358 g/mol. The first kappa shape index (κ1) is 20.5. The van der Waals surface area contributed by atoms with Crippen molar-refractivity contribution in [3.63, 3.8) is 0 Å². The Morgan fingerprint density at radius 2 is 1.88 bits per heavy atom. The van der Waals surface area contributed by atoms with E-state index in [4.69, 9.17) is 19.3 Å². The van der Waals surface area contributed by atoms with Crippen LogP contribution in [0.4, 0.5) is 0 Å². The highest BCUT2D eigenvalue weighted by Gasteiger charge is 2.49. The molecule has 148 valence electrons. The molecule has 4 unspecified atom stereocenters. The second-order valence-corrected chi connectivity index (χ2v) is 5.87. The zero-order valence-electron chi connectivity index (χ0n) is 13.6. The summed E-state index contributed by atoms with van der Waals surface area (Å²) in [4.78, 5) is 22.4. The van der Waals surface area contributed by atoms with Crippen LogP contribution < -0.4 is 5.32 Å². The molecule has 1 saturated heterocycles. The fraction of sp³-hybridized carbons (Fsp3) is 0.714. The average Bonchev–Trinajstić information content (AvgIpc) is 2.56. The van der Waals surface area contributed by atoms with Gasteiger partial charge in [0.1, 0.15) is 36.6 Å². The van der Waals surface area contributed by atoms with Crippen molar-refractivity contribution >= 4 is 11.9 Å². The summed E-state index contributed by atoms with van der Waals surface area (Å²) in [7, 11) is 0. The summed E-state index contributed by atoms with van der Waals surface area (Å²) in [6, 6.07) is -1.32. The molecule has 0 aromatic heterocycles. The van der Waals surface area contributed by atoms with Crippen molar-refractivity contribution in [3.05, 3.63) is 11.8 Å². The van der Waals surface area contributed by atoms with Crippen LogP contribution in [0.25, 0.3) is 0 Å². The van der Waals surface area contributed by atoms with Gasteiger partial charge in [0, 0.05) is 6.92 Å². The van der Waals surface area contributed by atoms with E-state index < -0.39 is 73.4 Å². The minimum Gasteiger partial charge on any atom is -0.475 e. The molecule has 8 atom stereocenters. The Bertz CT molecular complexity index is 567. The first-order valence-corrected chi connectivity index (χ1v) is 7.68. The number of aliphatic hydroxyl groups excluding tert-OH is 5. The molecule has 0 aliphatic carbocycles. The van der Waals surface area contributed by atoms with Crippen molar-refractivity contribution in [2.75, 3.05) is 6.61 Å². The number of nitrogens with one attached hydrogen (secondary N) is 1. The van der Waals surface area contributed by atoms with Gasteiger partial charge in [0.2, 0.25) is 18.0 Å². The molecule has 1 amide bonds. The Labute approximate surface area is 147 Å². The van der Waals surface area contributed by atoms with Gasteiger partial charge in [-0.05, 0) is 6.08 Å². The number of hydrogen-bond acceptors (Lipinski definition) is 10. The Hall–Kier alpha value is -1.80. The molecule has 0 bridgehead atoms. The van der Waals surface area contributed by atoms with E-state index in [9.17, 15) is 35.1 Å². The van der Waals surface area contributed by atoms with E-state index in [0.29, 0.717) is 0 Å². The predicted molar refractivity (Wildman–Crippen MR) is 79.1 cm³/mol. The van der Waals surface area contributed by atoms with E-state index >= 15 is 0 Å². The van der Waals surface area contributed by atoms with E-state index in [1.165, 1.54) is 0 Å². The lowest BCUT2D eigenvalue weighted by atomic mass is 9.96. The van der Waals surface area contributed by atoms with Gasteiger partial charge in [-0.25, -0.2) is 4.79 Å². The number of ether oxygens (including phenoxy) is 3. The number of amides is 1. The van der Waals surface area contributed by atoms with Gasteiger partial charge in [0.15, 0.2) is 6.29 Å². The molecule has 12 heteroatoms. The maximum atomic E-state index is 11.3. The van der Waals surface area contributed by atoms with Crippen LogP contribution in [0, 0.1) is 0 Å². The third kappa shape index (κ3) is 4.29. The summed E-state index contributed by atoms with van der Waals surface area (Å²) >= 11 is 0. The lowest BCUT2D eigenvalue weighted by Gasteiger charge is -2.44. The molecule has 12 nitrogen and oxygen atoms in total. The zero-order chi connectivity index (χ0) is 19.6. The number of rotatable bonds is 5. The summed E-state index contributed by atoms with van der Waals surface area (Å²) < 4.78 is 15.3. The number of aliphatic carboxylic acids is 1. The molecule has 2 aliphatic rings. The van der Waals surface area contributed by atoms with Crippen LogP contribution in [0.3, 0.4) is 0 Å². The van der Waals surface area contributed by atoms with Gasteiger partial charge in [-0.2, -0.15) is 0 Å². The zero-order valence-corrected chi connectivity index (χ0v) is 13.6. The SMILES string of the molecule is CC(=O)NC1C(O)OC(CO)[C@H](O)[C@H]1O[C@@H]1OC(C(=O)O)=C[C@@H](O)C1O. The maximum absolute atomic E-state index is 11.3. The largest absolute Gasteiger partial charge is 0.475 e. The minimum atomic E-state index is -1.73. The van der Waals surface area contributed by atoms with Gasteiger partial charge >= 0.3 is 5.97 Å². The number of carboxylic acids is 1. The van der Waals surface area contributed by atoms with Gasteiger partial charge in [0.05, 0.1) is 6.61 Å². The molecule has 26 heavy (non-hydrogen) atoms. The van der Waals surface area contributed by atoms with E-state index in [0.717, 1.165) is 13.0 Å². The topological polar surface area (TPSA) is 195 Å². The summed E-state index contributed by atoms with van der Waals surface area (Å²) in [6.07, 6.45) is -10.3. The Morgan fingerprint density at radius 1 is 1.23 bits per heavy atom. The number of carbonyl (C=O) groups excluding carboxylic acids is 1. The van der Waals surface area contributed by atoms with Crippen LogP contribution in [0.1, 0.15) is 6.92 Å². The third-order valence-corrected chi connectivity index (χ3v) is 3.94. The van der Waals surface area contributed by atoms with E-state index in [-0.39, 0.29) is 0 Å². The molecule has 7 N–H and O–H groups in total. The van der Waals surface area contributed by atoms with Crippen molar-refractivity contribution in [3.8, 4) is 0 Å². The number of carboxylic acid groups (broad SMARTS) is 1. The highest BCUT2D eigenvalue weighted by molar-refractivity contribution is 5.84. The fourth-order valence-electron chi connectivity index (χ4n) is 2.67. The monoisotopic (exact) mass is 379 g/mol. The number of hydrogen-bond donors (Lipinski definition) is 7. The van der Waals surface area contributed by atoms with Gasteiger partial charge in [0.25, 0.3) is 0 Å². The van der Waals surface area contributed by atoms with Crippen molar-refractivity contribution in [1.29, 1.82) is 0 Å². The van der Waals surface area contributed by atoms with E-state index in [2.05, 4.69) is 5.32 Å². The van der Waals surface area contributed by atoms with Crippen LogP contribution >= 0.6 is 0 Å². The van der Waals surface area contributed by atoms with Gasteiger partial charge in [-0.1, -0.05) is 0 Å². The molecule has 0 spiro atoms. The van der Waals surface area contributed by atoms with Crippen LogP contribution in [0.15, 0.2) is 11.8 Å². The minimum absolute atomic E-state index is 0.600.